The second kappa shape index (κ2) is 10.4. The highest BCUT2D eigenvalue weighted by Gasteiger charge is 2.14. The van der Waals surface area contributed by atoms with Crippen LogP contribution in [0.2, 0.25) is 0 Å². The number of nitrogens with one attached hydrogen (secondary N) is 2. The fraction of sp³-hybridized carbons (Fsp3) is 0.381. The van der Waals surface area contributed by atoms with Crippen molar-refractivity contribution >= 4 is 11.6 Å². The Bertz CT molecular complexity index is 732. The van der Waals surface area contributed by atoms with Crippen molar-refractivity contribution in [3.63, 3.8) is 0 Å². The highest BCUT2D eigenvalue weighted by Crippen LogP contribution is 2.30. The zero-order chi connectivity index (χ0) is 19.6. The first kappa shape index (κ1) is 20.6. The van der Waals surface area contributed by atoms with E-state index in [2.05, 4.69) is 58.9 Å². The number of rotatable bonds is 8. The first-order valence-electron chi connectivity index (χ1n) is 9.08. The third kappa shape index (κ3) is 5.89. The summed E-state index contributed by atoms with van der Waals surface area (Å²) in [5.41, 5.74) is 2.14. The van der Waals surface area contributed by atoms with Crippen molar-refractivity contribution in [3.8, 4) is 11.5 Å². The molecule has 1 atom stereocenters. The molecule has 0 aliphatic rings. The Labute approximate surface area is 162 Å². The minimum atomic E-state index is 0.236. The van der Waals surface area contributed by atoms with Gasteiger partial charge in [-0.3, -0.25) is 4.99 Å². The highest BCUT2D eigenvalue weighted by molar-refractivity contribution is 5.93. The molecule has 2 N–H and O–H groups in total. The zero-order valence-electron chi connectivity index (χ0n) is 16.8. The van der Waals surface area contributed by atoms with Crippen molar-refractivity contribution in [2.75, 3.05) is 46.7 Å². The molecule has 0 spiro atoms. The lowest BCUT2D eigenvalue weighted by molar-refractivity contribution is 0.299. The van der Waals surface area contributed by atoms with Gasteiger partial charge >= 0.3 is 0 Å². The van der Waals surface area contributed by atoms with E-state index in [9.17, 15) is 0 Å². The molecule has 1 unspecified atom stereocenters. The van der Waals surface area contributed by atoms with Crippen LogP contribution in [0.4, 0.5) is 5.69 Å². The van der Waals surface area contributed by atoms with E-state index in [1.54, 1.807) is 14.2 Å². The molecule has 0 saturated carbocycles. The number of likely N-dealkylation sites (N-methyl/N-ethyl adjacent to an activating group) is 1. The molecule has 0 aliphatic carbocycles. The number of hydrogen-bond donors (Lipinski definition) is 2. The van der Waals surface area contributed by atoms with Gasteiger partial charge in [-0.2, -0.15) is 0 Å². The molecule has 0 aromatic heterocycles. The summed E-state index contributed by atoms with van der Waals surface area (Å²) in [4.78, 5) is 6.52. The SMILES string of the molecule is CCOc1ccc(NC(=NC)NCC(c2ccccc2)N(C)C)cc1OC. The molecule has 0 heterocycles. The van der Waals surface area contributed by atoms with Crippen LogP contribution in [0.25, 0.3) is 0 Å². The molecule has 0 amide bonds. The standard InChI is InChI=1S/C21H30N4O2/c1-6-27-19-13-12-17(14-20(19)26-5)24-21(22-2)23-15-18(25(3)4)16-10-8-7-9-11-16/h7-14,18H,6,15H2,1-5H3,(H2,22,23,24). The number of benzene rings is 2. The van der Waals surface area contributed by atoms with Crippen LogP contribution in [0.1, 0.15) is 18.5 Å². The van der Waals surface area contributed by atoms with Crippen LogP contribution in [-0.2, 0) is 0 Å². The molecule has 6 heteroatoms. The summed E-state index contributed by atoms with van der Waals surface area (Å²) in [6.07, 6.45) is 0. The monoisotopic (exact) mass is 370 g/mol. The Hall–Kier alpha value is -2.73. The topological polar surface area (TPSA) is 58.1 Å². The Morgan fingerprint density at radius 1 is 1.11 bits per heavy atom. The van der Waals surface area contributed by atoms with Crippen LogP contribution < -0.4 is 20.1 Å². The second-order valence-electron chi connectivity index (χ2n) is 6.27. The number of nitrogens with zero attached hydrogens (tertiary/aromatic N) is 2. The summed E-state index contributed by atoms with van der Waals surface area (Å²) in [6, 6.07) is 16.4. The van der Waals surface area contributed by atoms with E-state index in [1.165, 1.54) is 5.56 Å². The summed E-state index contributed by atoms with van der Waals surface area (Å²) >= 11 is 0. The predicted octanol–water partition coefficient (Wildman–Crippen LogP) is 3.38. The molecule has 0 bridgehead atoms. The molecule has 0 radical (unpaired) electrons. The lowest BCUT2D eigenvalue weighted by atomic mass is 10.1. The fourth-order valence-electron chi connectivity index (χ4n) is 2.80. The van der Waals surface area contributed by atoms with E-state index in [0.717, 1.165) is 18.0 Å². The number of hydrogen-bond acceptors (Lipinski definition) is 4. The van der Waals surface area contributed by atoms with E-state index < -0.39 is 0 Å². The van der Waals surface area contributed by atoms with Gasteiger partial charge in [0.2, 0.25) is 0 Å². The maximum Gasteiger partial charge on any atom is 0.195 e. The van der Waals surface area contributed by atoms with Crippen LogP contribution in [0.3, 0.4) is 0 Å². The smallest absolute Gasteiger partial charge is 0.195 e. The maximum absolute atomic E-state index is 5.56. The van der Waals surface area contributed by atoms with E-state index >= 15 is 0 Å². The lowest BCUT2D eigenvalue weighted by Gasteiger charge is -2.26. The van der Waals surface area contributed by atoms with Gasteiger partial charge in [0.05, 0.1) is 19.8 Å². The number of guanidine groups is 1. The van der Waals surface area contributed by atoms with Gasteiger partial charge in [-0.1, -0.05) is 30.3 Å². The molecule has 2 aromatic rings. The minimum absolute atomic E-state index is 0.236. The number of aliphatic imine (C=N–C) groups is 1. The lowest BCUT2D eigenvalue weighted by Crippen LogP contribution is -2.37. The van der Waals surface area contributed by atoms with Crippen molar-refractivity contribution in [1.82, 2.24) is 10.2 Å². The van der Waals surface area contributed by atoms with Gasteiger partial charge in [0.25, 0.3) is 0 Å². The summed E-state index contributed by atoms with van der Waals surface area (Å²) in [5, 5.41) is 6.70. The van der Waals surface area contributed by atoms with Crippen molar-refractivity contribution in [1.29, 1.82) is 0 Å². The largest absolute Gasteiger partial charge is 0.493 e. The van der Waals surface area contributed by atoms with Crippen molar-refractivity contribution in [3.05, 3.63) is 54.1 Å². The third-order valence-electron chi connectivity index (χ3n) is 4.22. The molecule has 146 valence electrons. The molecule has 0 aliphatic heterocycles. The number of methoxy groups -OCH3 is 1. The molecular formula is C21H30N4O2. The molecular weight excluding hydrogens is 340 g/mol. The number of ether oxygens (including phenoxy) is 2. The molecule has 2 rings (SSSR count). The van der Waals surface area contributed by atoms with Gasteiger partial charge in [-0.25, -0.2) is 0 Å². The van der Waals surface area contributed by atoms with E-state index in [1.807, 2.05) is 31.2 Å². The predicted molar refractivity (Wildman–Crippen MR) is 112 cm³/mol. The van der Waals surface area contributed by atoms with Gasteiger partial charge < -0.3 is 25.0 Å². The normalized spacial score (nSPS) is 12.6. The average molecular weight is 370 g/mol. The molecule has 27 heavy (non-hydrogen) atoms. The van der Waals surface area contributed by atoms with Crippen LogP contribution in [0.5, 0.6) is 11.5 Å². The van der Waals surface area contributed by atoms with Crippen molar-refractivity contribution < 1.29 is 9.47 Å². The van der Waals surface area contributed by atoms with Gasteiger partial charge in [0, 0.05) is 25.3 Å². The summed E-state index contributed by atoms with van der Waals surface area (Å²) < 4.78 is 11.0. The van der Waals surface area contributed by atoms with Crippen LogP contribution in [0, 0.1) is 0 Å². The van der Waals surface area contributed by atoms with Gasteiger partial charge in [0.15, 0.2) is 17.5 Å². The van der Waals surface area contributed by atoms with Crippen LogP contribution in [-0.4, -0.2) is 52.3 Å². The first-order chi connectivity index (χ1) is 13.1. The highest BCUT2D eigenvalue weighted by atomic mass is 16.5. The first-order valence-corrected chi connectivity index (χ1v) is 9.08. The zero-order valence-corrected chi connectivity index (χ0v) is 16.8. The summed E-state index contributed by atoms with van der Waals surface area (Å²) in [6.45, 7) is 3.27. The van der Waals surface area contributed by atoms with E-state index in [-0.39, 0.29) is 6.04 Å². The molecule has 6 nitrogen and oxygen atoms in total. The summed E-state index contributed by atoms with van der Waals surface area (Å²) in [7, 11) is 7.55. The molecule has 0 saturated heterocycles. The van der Waals surface area contributed by atoms with Gasteiger partial charge in [-0.15, -0.1) is 0 Å². The van der Waals surface area contributed by atoms with E-state index in [0.29, 0.717) is 18.3 Å². The fourth-order valence-corrected chi connectivity index (χ4v) is 2.80. The van der Waals surface area contributed by atoms with E-state index in [4.69, 9.17) is 9.47 Å². The van der Waals surface area contributed by atoms with Crippen molar-refractivity contribution in [2.24, 2.45) is 4.99 Å². The Morgan fingerprint density at radius 2 is 1.85 bits per heavy atom. The van der Waals surface area contributed by atoms with Gasteiger partial charge in [0.1, 0.15) is 0 Å². The van der Waals surface area contributed by atoms with Crippen LogP contribution in [0.15, 0.2) is 53.5 Å². The average Bonchev–Trinajstić information content (AvgIpc) is 2.69. The van der Waals surface area contributed by atoms with Crippen LogP contribution >= 0.6 is 0 Å². The Kier molecular flexibility index (Phi) is 7.95. The number of anilines is 1. The molecule has 2 aromatic carbocycles. The minimum Gasteiger partial charge on any atom is -0.493 e. The Morgan fingerprint density at radius 3 is 2.44 bits per heavy atom. The van der Waals surface area contributed by atoms with Crippen molar-refractivity contribution in [2.45, 2.75) is 13.0 Å². The second-order valence-corrected chi connectivity index (χ2v) is 6.27. The van der Waals surface area contributed by atoms with Gasteiger partial charge in [-0.05, 0) is 38.7 Å². The quantitative estimate of drug-likeness (QED) is 0.551. The maximum atomic E-state index is 5.56. The Balaban J connectivity index is 2.05. The third-order valence-corrected chi connectivity index (χ3v) is 4.22. The summed E-state index contributed by atoms with van der Waals surface area (Å²) in [5.74, 6) is 2.11. The molecule has 0 fully saturated rings.